The van der Waals surface area contributed by atoms with Crippen LogP contribution in [0.4, 0.5) is 0 Å². The van der Waals surface area contributed by atoms with Crippen LogP contribution in [0.5, 0.6) is 11.5 Å². The number of furan rings is 1. The highest BCUT2D eigenvalue weighted by Gasteiger charge is 2.56. The van der Waals surface area contributed by atoms with Gasteiger partial charge in [-0.05, 0) is 50.9 Å². The van der Waals surface area contributed by atoms with E-state index in [1.807, 2.05) is 0 Å². The molecule has 0 unspecified atom stereocenters. The standard InChI is InChI=1S/C25H37NO11/c1-3-33-18(29)6-5-15-13-16-7-11-34-20(16)22(35-12-9-26-2)21(15)37-24-25(32,8-4-10-27)23(31)19(30)17(14-28)36-24/h7,11,13,17,19,23-24,26-28,30-32H,3-6,8-10,12,14H2,1-2H3/t17-,19-,23+,24-,25-/m1/s1. The number of aryl methyl sites for hydroxylation is 1. The van der Waals surface area contributed by atoms with Gasteiger partial charge >= 0.3 is 5.97 Å². The molecule has 3 rings (SSSR count). The van der Waals surface area contributed by atoms with E-state index in [0.29, 0.717) is 23.1 Å². The van der Waals surface area contributed by atoms with E-state index in [9.17, 15) is 30.3 Å². The molecule has 1 aromatic heterocycles. The van der Waals surface area contributed by atoms with Crippen molar-refractivity contribution in [2.75, 3.05) is 40.0 Å². The van der Waals surface area contributed by atoms with E-state index < -0.39 is 42.8 Å². The third kappa shape index (κ3) is 6.52. The Balaban J connectivity index is 2.07. The molecule has 37 heavy (non-hydrogen) atoms. The molecular formula is C25H37NO11. The largest absolute Gasteiger partial charge is 0.485 e. The van der Waals surface area contributed by atoms with Crippen molar-refractivity contribution >= 4 is 16.9 Å². The average Bonchev–Trinajstić information content (AvgIpc) is 3.36. The Hall–Kier alpha value is -2.45. The van der Waals surface area contributed by atoms with Crippen LogP contribution in [0.15, 0.2) is 22.8 Å². The van der Waals surface area contributed by atoms with Gasteiger partial charge in [0.2, 0.25) is 12.0 Å². The van der Waals surface area contributed by atoms with Crippen LogP contribution in [0.2, 0.25) is 0 Å². The summed E-state index contributed by atoms with van der Waals surface area (Å²) < 4.78 is 28.6. The molecule has 6 N–H and O–H groups in total. The smallest absolute Gasteiger partial charge is 0.306 e. The van der Waals surface area contributed by atoms with Crippen molar-refractivity contribution in [1.82, 2.24) is 5.32 Å². The van der Waals surface area contributed by atoms with Gasteiger partial charge in [-0.3, -0.25) is 4.79 Å². The van der Waals surface area contributed by atoms with Gasteiger partial charge in [0.15, 0.2) is 16.9 Å². The van der Waals surface area contributed by atoms with E-state index in [-0.39, 0.29) is 57.0 Å². The topological polar surface area (TPSA) is 180 Å². The van der Waals surface area contributed by atoms with Gasteiger partial charge in [0.1, 0.15) is 24.9 Å². The molecule has 0 saturated carbocycles. The summed E-state index contributed by atoms with van der Waals surface area (Å²) in [6.45, 7) is 1.73. The van der Waals surface area contributed by atoms with Crippen LogP contribution >= 0.6 is 0 Å². The fourth-order valence-corrected chi connectivity index (χ4v) is 4.30. The lowest BCUT2D eigenvalue weighted by molar-refractivity contribution is -0.322. The predicted octanol–water partition coefficient (Wildman–Crippen LogP) is -0.152. The molecule has 1 aromatic carbocycles. The number of carbonyl (C=O) groups excluding carboxylic acids is 1. The molecule has 0 radical (unpaired) electrons. The molecule has 2 heterocycles. The van der Waals surface area contributed by atoms with E-state index in [2.05, 4.69) is 5.32 Å². The minimum Gasteiger partial charge on any atom is -0.485 e. The molecular weight excluding hydrogens is 490 g/mol. The summed E-state index contributed by atoms with van der Waals surface area (Å²) >= 11 is 0. The maximum atomic E-state index is 12.1. The number of hydrogen-bond acceptors (Lipinski definition) is 12. The van der Waals surface area contributed by atoms with Crippen LogP contribution in [0.3, 0.4) is 0 Å². The third-order valence-corrected chi connectivity index (χ3v) is 6.30. The van der Waals surface area contributed by atoms with Crippen molar-refractivity contribution in [3.05, 3.63) is 24.0 Å². The quantitative estimate of drug-likeness (QED) is 0.141. The zero-order valence-electron chi connectivity index (χ0n) is 21.1. The second-order valence-corrected chi connectivity index (χ2v) is 8.85. The number of benzene rings is 1. The van der Waals surface area contributed by atoms with Crippen molar-refractivity contribution in [3.8, 4) is 11.5 Å². The van der Waals surface area contributed by atoms with Gasteiger partial charge in [-0.2, -0.15) is 0 Å². The monoisotopic (exact) mass is 527 g/mol. The van der Waals surface area contributed by atoms with Crippen LogP contribution in [-0.4, -0.2) is 102 Å². The number of fused-ring (bicyclic) bond motifs is 1. The number of likely N-dealkylation sites (N-methyl/N-ethyl adjacent to an activating group) is 1. The molecule has 5 atom stereocenters. The Kier molecular flexibility index (Phi) is 10.5. The number of ether oxygens (including phenoxy) is 4. The number of esters is 1. The van der Waals surface area contributed by atoms with Crippen molar-refractivity contribution in [3.63, 3.8) is 0 Å². The zero-order valence-corrected chi connectivity index (χ0v) is 21.1. The molecule has 0 spiro atoms. The van der Waals surface area contributed by atoms with Crippen molar-refractivity contribution in [2.24, 2.45) is 0 Å². The van der Waals surface area contributed by atoms with E-state index in [1.54, 1.807) is 26.1 Å². The molecule has 1 fully saturated rings. The zero-order chi connectivity index (χ0) is 27.0. The summed E-state index contributed by atoms with van der Waals surface area (Å²) in [4.78, 5) is 12.1. The van der Waals surface area contributed by atoms with E-state index in [1.165, 1.54) is 6.26 Å². The maximum absolute atomic E-state index is 12.1. The summed E-state index contributed by atoms with van der Waals surface area (Å²) in [5.41, 5.74) is -1.26. The first-order valence-electron chi connectivity index (χ1n) is 12.4. The van der Waals surface area contributed by atoms with Gasteiger partial charge in [-0.25, -0.2) is 0 Å². The fourth-order valence-electron chi connectivity index (χ4n) is 4.30. The average molecular weight is 528 g/mol. The highest BCUT2D eigenvalue weighted by molar-refractivity contribution is 5.87. The molecule has 12 nitrogen and oxygen atoms in total. The molecule has 0 aliphatic carbocycles. The highest BCUT2D eigenvalue weighted by Crippen LogP contribution is 2.44. The molecule has 1 aliphatic rings. The highest BCUT2D eigenvalue weighted by atomic mass is 16.7. The molecule has 0 bridgehead atoms. The maximum Gasteiger partial charge on any atom is 0.306 e. The summed E-state index contributed by atoms with van der Waals surface area (Å²) in [7, 11) is 1.76. The predicted molar refractivity (Wildman–Crippen MR) is 130 cm³/mol. The Morgan fingerprint density at radius 2 is 2.03 bits per heavy atom. The lowest BCUT2D eigenvalue weighted by Crippen LogP contribution is -2.68. The summed E-state index contributed by atoms with van der Waals surface area (Å²) in [6.07, 6.45) is -4.58. The van der Waals surface area contributed by atoms with Crippen molar-refractivity contribution in [1.29, 1.82) is 0 Å². The third-order valence-electron chi connectivity index (χ3n) is 6.30. The van der Waals surface area contributed by atoms with Gasteiger partial charge in [-0.15, -0.1) is 0 Å². The van der Waals surface area contributed by atoms with Gasteiger partial charge in [0.25, 0.3) is 0 Å². The first kappa shape index (κ1) is 29.1. The molecule has 2 aromatic rings. The lowest BCUT2D eigenvalue weighted by atomic mass is 9.83. The summed E-state index contributed by atoms with van der Waals surface area (Å²) in [5.74, 6) is -0.105. The molecule has 0 amide bonds. The first-order valence-corrected chi connectivity index (χ1v) is 12.4. The van der Waals surface area contributed by atoms with Crippen LogP contribution in [-0.2, 0) is 20.7 Å². The summed E-state index contributed by atoms with van der Waals surface area (Å²) in [5, 5.41) is 55.3. The number of rotatable bonds is 14. The van der Waals surface area contributed by atoms with Gasteiger partial charge < -0.3 is 54.2 Å². The molecule has 1 saturated heterocycles. The Morgan fingerprint density at radius 3 is 2.70 bits per heavy atom. The van der Waals surface area contributed by atoms with Crippen LogP contribution in [0.1, 0.15) is 31.7 Å². The minimum atomic E-state index is -2.15. The van der Waals surface area contributed by atoms with Crippen LogP contribution < -0.4 is 14.8 Å². The Morgan fingerprint density at radius 1 is 1.24 bits per heavy atom. The second-order valence-electron chi connectivity index (χ2n) is 8.85. The Bertz CT molecular complexity index is 1010. The molecule has 208 valence electrons. The SMILES string of the molecule is CCOC(=O)CCc1cc2ccoc2c(OCCNC)c1O[C@H]1O[C@H](CO)[C@@H](O)[C@H](O)[C@]1(O)CCCO. The second kappa shape index (κ2) is 13.4. The van der Waals surface area contributed by atoms with Gasteiger partial charge in [-0.1, -0.05) is 0 Å². The first-order chi connectivity index (χ1) is 17.8. The number of nitrogens with one attached hydrogen (secondary N) is 1. The lowest BCUT2D eigenvalue weighted by Gasteiger charge is -2.47. The van der Waals surface area contributed by atoms with Gasteiger partial charge in [0, 0.05) is 25.0 Å². The van der Waals surface area contributed by atoms with E-state index >= 15 is 0 Å². The number of aliphatic hydroxyl groups excluding tert-OH is 4. The normalized spacial score (nSPS) is 25.8. The number of aliphatic hydroxyl groups is 5. The molecule has 12 heteroatoms. The Labute approximate surface area is 214 Å². The van der Waals surface area contributed by atoms with Crippen LogP contribution in [0.25, 0.3) is 11.0 Å². The van der Waals surface area contributed by atoms with Crippen molar-refractivity contribution in [2.45, 2.75) is 62.8 Å². The summed E-state index contributed by atoms with van der Waals surface area (Å²) in [6, 6.07) is 3.48. The minimum absolute atomic E-state index is 0.0322. The van der Waals surface area contributed by atoms with Gasteiger partial charge in [0.05, 0.1) is 19.5 Å². The van der Waals surface area contributed by atoms with Crippen LogP contribution in [0, 0.1) is 0 Å². The number of hydrogen-bond donors (Lipinski definition) is 6. The van der Waals surface area contributed by atoms with Crippen molar-refractivity contribution < 1.29 is 53.7 Å². The number of carbonyl (C=O) groups is 1. The fraction of sp³-hybridized carbons (Fsp3) is 0.640. The van der Waals surface area contributed by atoms with E-state index in [0.717, 1.165) is 0 Å². The molecule has 1 aliphatic heterocycles. The van der Waals surface area contributed by atoms with E-state index in [4.69, 9.17) is 23.4 Å².